The molecule has 1 aliphatic heterocycles. The third-order valence-electron chi connectivity index (χ3n) is 4.15. The minimum Gasteiger partial charge on any atom is -0.338 e. The maximum atomic E-state index is 12.6. The number of ketones is 1. The van der Waals surface area contributed by atoms with Gasteiger partial charge in [-0.25, -0.2) is 19.9 Å². The molecule has 3 aromatic heterocycles. The molecule has 0 bridgehead atoms. The van der Waals surface area contributed by atoms with Crippen LogP contribution in [0.4, 0.5) is 5.95 Å². The predicted octanol–water partition coefficient (Wildman–Crippen LogP) is 0.524. The number of Topliss-reactive ketones (excluding diaryl/α,β-unsaturated/α-hetero) is 1. The van der Waals surface area contributed by atoms with E-state index < -0.39 is 0 Å². The Morgan fingerprint density at radius 2 is 1.71 bits per heavy atom. The Labute approximate surface area is 138 Å². The number of rotatable bonds is 4. The second-order valence-electron chi connectivity index (χ2n) is 5.67. The van der Waals surface area contributed by atoms with Crippen LogP contribution in [-0.2, 0) is 0 Å². The molecule has 0 unspecified atom stereocenters. The summed E-state index contributed by atoms with van der Waals surface area (Å²) in [5.41, 5.74) is 0.576. The quantitative estimate of drug-likeness (QED) is 0.648. The van der Waals surface area contributed by atoms with Crippen molar-refractivity contribution >= 4 is 17.5 Å². The minimum absolute atomic E-state index is 0.0555. The Morgan fingerprint density at radius 3 is 2.50 bits per heavy atom. The van der Waals surface area contributed by atoms with Gasteiger partial charge in [0, 0.05) is 51.0 Å². The van der Waals surface area contributed by atoms with Crippen molar-refractivity contribution < 1.29 is 4.79 Å². The van der Waals surface area contributed by atoms with Crippen LogP contribution in [-0.4, -0.2) is 67.7 Å². The molecule has 8 nitrogen and oxygen atoms in total. The minimum atomic E-state index is 0.0555. The number of anilines is 1. The van der Waals surface area contributed by atoms with Crippen molar-refractivity contribution in [3.05, 3.63) is 48.8 Å². The zero-order valence-electron chi connectivity index (χ0n) is 13.1. The number of aromatic nitrogens is 5. The van der Waals surface area contributed by atoms with E-state index in [0.717, 1.165) is 32.1 Å². The molecule has 24 heavy (non-hydrogen) atoms. The van der Waals surface area contributed by atoms with Crippen LogP contribution in [0, 0.1) is 0 Å². The predicted molar refractivity (Wildman–Crippen MR) is 88.0 cm³/mol. The number of hydrogen-bond donors (Lipinski definition) is 0. The fourth-order valence-corrected chi connectivity index (χ4v) is 2.88. The summed E-state index contributed by atoms with van der Waals surface area (Å²) in [5.74, 6) is 1.35. The normalized spacial score (nSPS) is 15.8. The molecule has 0 radical (unpaired) electrons. The molecule has 122 valence electrons. The van der Waals surface area contributed by atoms with Crippen LogP contribution in [0.15, 0.2) is 43.1 Å². The molecule has 0 saturated carbocycles. The van der Waals surface area contributed by atoms with Gasteiger partial charge in [0.2, 0.25) is 11.7 Å². The SMILES string of the molecule is O=C(CN1CCN(c2ncccn2)CC1)c1cnc2ncccn12. The van der Waals surface area contributed by atoms with Crippen LogP contribution in [0.1, 0.15) is 10.5 Å². The Hall–Kier alpha value is -2.87. The molecule has 1 aliphatic rings. The maximum absolute atomic E-state index is 12.6. The number of imidazole rings is 1. The van der Waals surface area contributed by atoms with Gasteiger partial charge in [0.1, 0.15) is 5.69 Å². The van der Waals surface area contributed by atoms with Gasteiger partial charge in [-0.2, -0.15) is 0 Å². The molecule has 4 heterocycles. The molecular weight excluding hydrogens is 306 g/mol. The van der Waals surface area contributed by atoms with E-state index in [4.69, 9.17) is 0 Å². The summed E-state index contributed by atoms with van der Waals surface area (Å²) in [4.78, 5) is 33.7. The zero-order chi connectivity index (χ0) is 16.4. The van der Waals surface area contributed by atoms with Gasteiger partial charge in [-0.05, 0) is 12.1 Å². The van der Waals surface area contributed by atoms with Gasteiger partial charge in [-0.3, -0.25) is 14.1 Å². The first-order valence-corrected chi connectivity index (χ1v) is 7.87. The smallest absolute Gasteiger partial charge is 0.234 e. The Kier molecular flexibility index (Phi) is 3.87. The molecule has 0 aromatic carbocycles. The van der Waals surface area contributed by atoms with Crippen molar-refractivity contribution in [2.45, 2.75) is 0 Å². The van der Waals surface area contributed by atoms with E-state index >= 15 is 0 Å². The first-order chi connectivity index (χ1) is 11.8. The van der Waals surface area contributed by atoms with Gasteiger partial charge in [-0.1, -0.05) is 0 Å². The summed E-state index contributed by atoms with van der Waals surface area (Å²) < 4.78 is 1.73. The highest BCUT2D eigenvalue weighted by atomic mass is 16.1. The van der Waals surface area contributed by atoms with Crippen molar-refractivity contribution in [2.24, 2.45) is 0 Å². The first-order valence-electron chi connectivity index (χ1n) is 7.87. The van der Waals surface area contributed by atoms with E-state index in [2.05, 4.69) is 29.7 Å². The van der Waals surface area contributed by atoms with Crippen molar-refractivity contribution in [3.63, 3.8) is 0 Å². The number of nitrogens with zero attached hydrogens (tertiary/aromatic N) is 7. The lowest BCUT2D eigenvalue weighted by molar-refractivity contribution is 0.0920. The molecule has 1 saturated heterocycles. The van der Waals surface area contributed by atoms with Crippen molar-refractivity contribution in [1.82, 2.24) is 29.2 Å². The molecular formula is C16H17N7O. The molecule has 1 fully saturated rings. The number of piperazine rings is 1. The summed E-state index contributed by atoms with van der Waals surface area (Å²) in [6, 6.07) is 3.60. The van der Waals surface area contributed by atoms with Gasteiger partial charge in [0.15, 0.2) is 5.78 Å². The van der Waals surface area contributed by atoms with Crippen molar-refractivity contribution in [3.8, 4) is 0 Å². The zero-order valence-corrected chi connectivity index (χ0v) is 13.1. The molecule has 0 atom stereocenters. The lowest BCUT2D eigenvalue weighted by atomic mass is 10.2. The van der Waals surface area contributed by atoms with Crippen LogP contribution in [0.5, 0.6) is 0 Å². The average molecular weight is 323 g/mol. The highest BCUT2D eigenvalue weighted by Gasteiger charge is 2.22. The van der Waals surface area contributed by atoms with E-state index in [0.29, 0.717) is 18.0 Å². The van der Waals surface area contributed by atoms with Gasteiger partial charge >= 0.3 is 0 Å². The Morgan fingerprint density at radius 1 is 0.958 bits per heavy atom. The Bertz CT molecular complexity index is 840. The molecule has 4 rings (SSSR count). The van der Waals surface area contributed by atoms with Crippen LogP contribution in [0.25, 0.3) is 5.78 Å². The third-order valence-corrected chi connectivity index (χ3v) is 4.15. The third kappa shape index (κ3) is 2.83. The Balaban J connectivity index is 1.39. The summed E-state index contributed by atoms with van der Waals surface area (Å²) in [6.07, 6.45) is 8.57. The first kappa shape index (κ1) is 14.7. The van der Waals surface area contributed by atoms with Crippen LogP contribution in [0.2, 0.25) is 0 Å². The second kappa shape index (κ2) is 6.32. The maximum Gasteiger partial charge on any atom is 0.234 e. The largest absolute Gasteiger partial charge is 0.338 e. The highest BCUT2D eigenvalue weighted by molar-refractivity contribution is 5.96. The van der Waals surface area contributed by atoms with E-state index in [1.807, 2.05) is 12.3 Å². The van der Waals surface area contributed by atoms with Gasteiger partial charge in [0.05, 0.1) is 12.7 Å². The van der Waals surface area contributed by atoms with Gasteiger partial charge in [-0.15, -0.1) is 0 Å². The van der Waals surface area contributed by atoms with Gasteiger partial charge in [0.25, 0.3) is 0 Å². The van der Waals surface area contributed by atoms with Crippen molar-refractivity contribution in [2.75, 3.05) is 37.6 Å². The average Bonchev–Trinajstić information content (AvgIpc) is 3.07. The number of fused-ring (bicyclic) bond motifs is 1. The summed E-state index contributed by atoms with van der Waals surface area (Å²) in [6.45, 7) is 3.61. The summed E-state index contributed by atoms with van der Waals surface area (Å²) in [5, 5.41) is 0. The monoisotopic (exact) mass is 323 g/mol. The summed E-state index contributed by atoms with van der Waals surface area (Å²) >= 11 is 0. The number of hydrogen-bond acceptors (Lipinski definition) is 7. The second-order valence-corrected chi connectivity index (χ2v) is 5.67. The molecule has 3 aromatic rings. The van der Waals surface area contributed by atoms with Crippen LogP contribution in [0.3, 0.4) is 0 Å². The lowest BCUT2D eigenvalue weighted by Crippen LogP contribution is -2.48. The molecule has 8 heteroatoms. The summed E-state index contributed by atoms with van der Waals surface area (Å²) in [7, 11) is 0. The van der Waals surface area contributed by atoms with Crippen LogP contribution >= 0.6 is 0 Å². The van der Waals surface area contributed by atoms with E-state index in [1.54, 1.807) is 35.3 Å². The molecule has 0 amide bonds. The lowest BCUT2D eigenvalue weighted by Gasteiger charge is -2.34. The van der Waals surface area contributed by atoms with E-state index in [9.17, 15) is 4.79 Å². The van der Waals surface area contributed by atoms with Gasteiger partial charge < -0.3 is 4.90 Å². The standard InChI is InChI=1S/C16H17N7O/c24-14(13-11-20-16-19-5-2-6-23(13)16)12-21-7-9-22(10-8-21)15-17-3-1-4-18-15/h1-6,11H,7-10,12H2. The fraction of sp³-hybridized carbons (Fsp3) is 0.312. The highest BCUT2D eigenvalue weighted by Crippen LogP contribution is 2.11. The van der Waals surface area contributed by atoms with Crippen LogP contribution < -0.4 is 4.90 Å². The van der Waals surface area contributed by atoms with E-state index in [-0.39, 0.29) is 5.78 Å². The topological polar surface area (TPSA) is 79.5 Å². The molecule has 0 N–H and O–H groups in total. The molecule has 0 spiro atoms. The fourth-order valence-electron chi connectivity index (χ4n) is 2.88. The molecule has 0 aliphatic carbocycles. The number of carbonyl (C=O) groups is 1. The van der Waals surface area contributed by atoms with Crippen molar-refractivity contribution in [1.29, 1.82) is 0 Å². The van der Waals surface area contributed by atoms with E-state index in [1.165, 1.54) is 0 Å². The number of carbonyl (C=O) groups excluding carboxylic acids is 1.